The Hall–Kier alpha value is -5.96. The van der Waals surface area contributed by atoms with Crippen molar-refractivity contribution in [2.45, 2.75) is 67.4 Å². The summed E-state index contributed by atoms with van der Waals surface area (Å²) in [4.78, 5) is 49.2. The molecule has 9 nitrogen and oxygen atoms in total. The number of benzene rings is 3. The summed E-state index contributed by atoms with van der Waals surface area (Å²) in [6.45, 7) is 12.1. The Balaban J connectivity index is 1.24. The van der Waals surface area contributed by atoms with E-state index in [9.17, 15) is 19.2 Å². The van der Waals surface area contributed by atoms with Gasteiger partial charge in [-0.3, -0.25) is 14.9 Å². The highest BCUT2D eigenvalue weighted by Crippen LogP contribution is 2.40. The fourth-order valence-electron chi connectivity index (χ4n) is 5.76. The van der Waals surface area contributed by atoms with Crippen molar-refractivity contribution in [2.24, 2.45) is 5.41 Å². The first-order valence-corrected chi connectivity index (χ1v) is 17.2. The van der Waals surface area contributed by atoms with E-state index in [0.717, 1.165) is 17.6 Å². The molecule has 3 amide bonds. The topological polar surface area (TPSA) is 123 Å². The summed E-state index contributed by atoms with van der Waals surface area (Å²) in [5.41, 5.74) is 7.32. The molecule has 1 aliphatic rings. The van der Waals surface area contributed by atoms with Gasteiger partial charge < -0.3 is 20.1 Å². The predicted molar refractivity (Wildman–Crippen MR) is 207 cm³/mol. The maximum Gasteiger partial charge on any atom is 0.412 e. The normalized spacial score (nSPS) is 14.7. The van der Waals surface area contributed by atoms with Crippen molar-refractivity contribution in [3.05, 3.63) is 143 Å². The van der Waals surface area contributed by atoms with Crippen molar-refractivity contribution >= 4 is 40.9 Å². The second-order valence-electron chi connectivity index (χ2n) is 13.4. The molecular weight excluding hydrogens is 654 g/mol. The van der Waals surface area contributed by atoms with Crippen LogP contribution < -0.4 is 20.7 Å². The minimum absolute atomic E-state index is 0.0316. The van der Waals surface area contributed by atoms with Gasteiger partial charge in [0.2, 0.25) is 5.91 Å². The van der Waals surface area contributed by atoms with Crippen molar-refractivity contribution in [3.8, 4) is 5.75 Å². The quantitative estimate of drug-likeness (QED) is 0.0748. The first-order chi connectivity index (χ1) is 24.8. The highest BCUT2D eigenvalue weighted by Gasteiger charge is 2.26. The summed E-state index contributed by atoms with van der Waals surface area (Å²) >= 11 is 0. The van der Waals surface area contributed by atoms with Crippen LogP contribution in [0.25, 0.3) is 0 Å². The van der Waals surface area contributed by atoms with Gasteiger partial charge in [0.05, 0.1) is 11.4 Å². The summed E-state index contributed by atoms with van der Waals surface area (Å²) in [6, 6.07) is 19.8. The van der Waals surface area contributed by atoms with Gasteiger partial charge in [-0.05, 0) is 111 Å². The maximum absolute atomic E-state index is 12.8. The summed E-state index contributed by atoms with van der Waals surface area (Å²) in [5, 5.41) is 8.09. The molecule has 3 aromatic carbocycles. The molecule has 0 radical (unpaired) electrons. The number of carbonyl (C=O) groups excluding carboxylic acids is 4. The molecule has 0 heterocycles. The van der Waals surface area contributed by atoms with E-state index in [1.54, 1.807) is 72.8 Å². The number of esters is 1. The van der Waals surface area contributed by atoms with E-state index in [1.807, 2.05) is 25.2 Å². The Kier molecular flexibility index (Phi) is 13.7. The lowest BCUT2D eigenvalue weighted by Crippen LogP contribution is -2.19. The molecule has 0 saturated carbocycles. The second kappa shape index (κ2) is 18.3. The number of nitrogens with one attached hydrogen (secondary N) is 3. The fraction of sp³-hybridized carbons (Fsp3) is 0.256. The minimum Gasteiger partial charge on any atom is -0.444 e. The Bertz CT molecular complexity index is 1930. The molecule has 3 N–H and O–H groups in total. The Morgan fingerprint density at radius 1 is 0.808 bits per heavy atom. The molecule has 3 aromatic rings. The molecule has 0 fully saturated rings. The number of hydrogen-bond donors (Lipinski definition) is 3. The molecule has 270 valence electrons. The van der Waals surface area contributed by atoms with Crippen LogP contribution in [0.4, 0.5) is 21.9 Å². The van der Waals surface area contributed by atoms with Crippen LogP contribution in [-0.2, 0) is 20.9 Å². The van der Waals surface area contributed by atoms with Crippen LogP contribution in [0.5, 0.6) is 5.75 Å². The van der Waals surface area contributed by atoms with Gasteiger partial charge in [-0.15, -0.1) is 0 Å². The number of hydrogen-bond acceptors (Lipinski definition) is 6. The zero-order valence-corrected chi connectivity index (χ0v) is 30.7. The summed E-state index contributed by atoms with van der Waals surface area (Å²) in [7, 11) is 0. The van der Waals surface area contributed by atoms with Crippen LogP contribution >= 0.6 is 0 Å². The number of allylic oxidation sites excluding steroid dienone is 9. The smallest absolute Gasteiger partial charge is 0.412 e. The van der Waals surface area contributed by atoms with Crippen LogP contribution in [0.3, 0.4) is 0 Å². The minimum atomic E-state index is -0.716. The average Bonchev–Trinajstić information content (AvgIpc) is 3.08. The maximum atomic E-state index is 12.8. The van der Waals surface area contributed by atoms with E-state index in [1.165, 1.54) is 37.0 Å². The van der Waals surface area contributed by atoms with E-state index < -0.39 is 18.0 Å². The lowest BCUT2D eigenvalue weighted by atomic mass is 9.72. The van der Waals surface area contributed by atoms with Gasteiger partial charge in [-0.25, -0.2) is 9.59 Å². The molecule has 52 heavy (non-hydrogen) atoms. The molecular formula is C43H47N3O6. The van der Waals surface area contributed by atoms with Gasteiger partial charge in [-0.2, -0.15) is 0 Å². The van der Waals surface area contributed by atoms with Gasteiger partial charge in [0.25, 0.3) is 5.91 Å². The van der Waals surface area contributed by atoms with Crippen LogP contribution in [0.2, 0.25) is 0 Å². The third kappa shape index (κ3) is 12.1. The first-order valence-electron chi connectivity index (χ1n) is 17.2. The Labute approximate surface area is 306 Å². The molecule has 0 spiro atoms. The van der Waals surface area contributed by atoms with Gasteiger partial charge in [0.1, 0.15) is 12.4 Å². The zero-order chi connectivity index (χ0) is 37.7. The van der Waals surface area contributed by atoms with E-state index in [4.69, 9.17) is 9.47 Å². The number of carbonyl (C=O) groups is 4. The van der Waals surface area contributed by atoms with Crippen LogP contribution in [0, 0.1) is 5.41 Å². The number of anilines is 3. The Morgan fingerprint density at radius 3 is 2.13 bits per heavy atom. The Morgan fingerprint density at radius 2 is 1.48 bits per heavy atom. The summed E-state index contributed by atoms with van der Waals surface area (Å²) in [5.74, 6) is -0.741. The summed E-state index contributed by atoms with van der Waals surface area (Å²) in [6.07, 6.45) is 14.5. The summed E-state index contributed by atoms with van der Waals surface area (Å²) < 4.78 is 10.8. The second-order valence-corrected chi connectivity index (χ2v) is 13.4. The molecule has 0 unspecified atom stereocenters. The molecule has 4 rings (SSSR count). The molecule has 0 saturated heterocycles. The molecule has 0 aliphatic heterocycles. The van der Waals surface area contributed by atoms with Crippen molar-refractivity contribution in [3.63, 3.8) is 0 Å². The predicted octanol–water partition coefficient (Wildman–Crippen LogP) is 10.1. The number of rotatable bonds is 12. The van der Waals surface area contributed by atoms with Crippen molar-refractivity contribution in [1.29, 1.82) is 0 Å². The zero-order valence-electron chi connectivity index (χ0n) is 30.7. The lowest BCUT2D eigenvalue weighted by molar-refractivity contribution is -0.129. The SMILES string of the molecule is CC(=O)Nc1ccc(C(=O)Nc2ccccc2NC(=O)OCc2ccc(OC(=O)/C=C(C)/C=C/C=C(C)/C=C/C3=C(C)CCCC3(C)C)cc2)cc1. The van der Waals surface area contributed by atoms with Crippen molar-refractivity contribution in [1.82, 2.24) is 0 Å². The van der Waals surface area contributed by atoms with Crippen LogP contribution in [-0.4, -0.2) is 23.9 Å². The monoisotopic (exact) mass is 701 g/mol. The fourth-order valence-corrected chi connectivity index (χ4v) is 5.76. The van der Waals surface area contributed by atoms with Crippen molar-refractivity contribution < 1.29 is 28.7 Å². The van der Waals surface area contributed by atoms with Gasteiger partial charge in [-0.1, -0.05) is 79.6 Å². The van der Waals surface area contributed by atoms with Crippen LogP contribution in [0.1, 0.15) is 76.7 Å². The highest BCUT2D eigenvalue weighted by atomic mass is 16.5. The van der Waals surface area contributed by atoms with E-state index >= 15 is 0 Å². The number of para-hydroxylation sites is 2. The first kappa shape index (κ1) is 38.8. The molecule has 0 atom stereocenters. The highest BCUT2D eigenvalue weighted by molar-refractivity contribution is 6.07. The van der Waals surface area contributed by atoms with E-state index in [2.05, 4.69) is 55.8 Å². The van der Waals surface area contributed by atoms with Gasteiger partial charge in [0.15, 0.2) is 0 Å². The third-order valence-electron chi connectivity index (χ3n) is 8.51. The third-order valence-corrected chi connectivity index (χ3v) is 8.51. The van der Waals surface area contributed by atoms with Crippen molar-refractivity contribution in [2.75, 3.05) is 16.0 Å². The van der Waals surface area contributed by atoms with Gasteiger partial charge >= 0.3 is 12.1 Å². The molecule has 9 heteroatoms. The van der Waals surface area contributed by atoms with E-state index in [-0.39, 0.29) is 17.9 Å². The standard InChI is InChI=1S/C43H47N3O6/c1-29(16-25-37-31(3)13-10-26-43(37,5)6)11-9-12-30(2)27-40(48)52-36-23-17-33(18-24-36)28-51-42(50)46-39-15-8-7-14-38(39)45-41(49)34-19-21-35(22-20-34)44-32(4)47/h7-9,11-12,14-25,27H,10,13,26,28H2,1-6H3,(H,44,47)(H,45,49)(H,46,50)/b12-9+,25-16+,29-11+,30-27+. The average molecular weight is 702 g/mol. The largest absolute Gasteiger partial charge is 0.444 e. The molecule has 1 aliphatic carbocycles. The van der Waals surface area contributed by atoms with E-state index in [0.29, 0.717) is 33.9 Å². The number of ether oxygens (including phenoxy) is 2. The van der Waals surface area contributed by atoms with Gasteiger partial charge in [0, 0.05) is 24.3 Å². The number of amides is 3. The molecule has 0 bridgehead atoms. The lowest BCUT2D eigenvalue weighted by Gasteiger charge is -2.32. The molecule has 0 aromatic heterocycles. The van der Waals surface area contributed by atoms with Crippen LogP contribution in [0.15, 0.2) is 132 Å².